The molecule has 1 aromatic rings. The van der Waals surface area contributed by atoms with Gasteiger partial charge in [-0.15, -0.1) is 0 Å². The lowest BCUT2D eigenvalue weighted by molar-refractivity contribution is 0.271. The predicted octanol–water partition coefficient (Wildman–Crippen LogP) is 2.40. The van der Waals surface area contributed by atoms with Gasteiger partial charge in [-0.05, 0) is 55.7 Å². The normalized spacial score (nSPS) is 30.3. The molecular formula is C15H21ClN2O2S. The van der Waals surface area contributed by atoms with Crippen molar-refractivity contribution in [3.8, 4) is 0 Å². The first-order valence-electron chi connectivity index (χ1n) is 7.40. The molecule has 0 radical (unpaired) electrons. The highest BCUT2D eigenvalue weighted by molar-refractivity contribution is 7.89. The van der Waals surface area contributed by atoms with E-state index >= 15 is 0 Å². The Labute approximate surface area is 131 Å². The second kappa shape index (κ2) is 5.54. The molecule has 21 heavy (non-hydrogen) atoms. The minimum atomic E-state index is -3.46. The van der Waals surface area contributed by atoms with Crippen LogP contribution in [0.2, 0.25) is 5.02 Å². The number of halogens is 1. The number of hydrogen-bond acceptors (Lipinski definition) is 3. The third-order valence-corrected chi connectivity index (χ3v) is 7.28. The lowest BCUT2D eigenvalue weighted by Crippen LogP contribution is -2.32. The van der Waals surface area contributed by atoms with E-state index in [0.717, 1.165) is 19.3 Å². The molecule has 6 heteroatoms. The minimum absolute atomic E-state index is 0.224. The summed E-state index contributed by atoms with van der Waals surface area (Å²) >= 11 is 6.07. The summed E-state index contributed by atoms with van der Waals surface area (Å²) < 4.78 is 27.4. The summed E-state index contributed by atoms with van der Waals surface area (Å²) in [6.45, 7) is 2.96. The Morgan fingerprint density at radius 2 is 1.95 bits per heavy atom. The van der Waals surface area contributed by atoms with Crippen LogP contribution in [-0.2, 0) is 10.0 Å². The van der Waals surface area contributed by atoms with Gasteiger partial charge in [0, 0.05) is 24.2 Å². The van der Waals surface area contributed by atoms with Gasteiger partial charge in [-0.3, -0.25) is 0 Å². The molecule has 0 spiro atoms. The molecule has 116 valence electrons. The van der Waals surface area contributed by atoms with Gasteiger partial charge < -0.3 is 5.73 Å². The lowest BCUT2D eigenvalue weighted by Gasteiger charge is -2.28. The van der Waals surface area contributed by atoms with Crippen molar-refractivity contribution < 1.29 is 8.42 Å². The Bertz CT molecular complexity index is 647. The van der Waals surface area contributed by atoms with E-state index in [4.69, 9.17) is 17.3 Å². The van der Waals surface area contributed by atoms with Crippen molar-refractivity contribution in [1.29, 1.82) is 0 Å². The minimum Gasteiger partial charge on any atom is -0.328 e. The van der Waals surface area contributed by atoms with Crippen molar-refractivity contribution in [3.05, 3.63) is 28.8 Å². The van der Waals surface area contributed by atoms with Crippen LogP contribution in [0.3, 0.4) is 0 Å². The fourth-order valence-corrected chi connectivity index (χ4v) is 5.66. The maximum Gasteiger partial charge on any atom is 0.243 e. The third-order valence-electron chi connectivity index (χ3n) is 4.89. The summed E-state index contributed by atoms with van der Waals surface area (Å²) in [7, 11) is -3.46. The van der Waals surface area contributed by atoms with Gasteiger partial charge in [0.2, 0.25) is 10.0 Å². The van der Waals surface area contributed by atoms with Gasteiger partial charge >= 0.3 is 0 Å². The Hall–Kier alpha value is -0.620. The standard InChI is InChI=1S/C15H21ClN2O2S/c1-10-14(16)3-2-4-15(10)21(19,20)18-8-11-5-6-13(17)7-12(11)9-18/h2-4,11-13H,5-9,17H2,1H3/t11-,12+,13?/m1/s1. The summed E-state index contributed by atoms with van der Waals surface area (Å²) in [6.07, 6.45) is 2.98. The van der Waals surface area contributed by atoms with Gasteiger partial charge in [-0.25, -0.2) is 8.42 Å². The van der Waals surface area contributed by atoms with Crippen molar-refractivity contribution in [3.63, 3.8) is 0 Å². The second-order valence-corrected chi connectivity index (χ2v) is 8.59. The Morgan fingerprint density at radius 1 is 1.24 bits per heavy atom. The van der Waals surface area contributed by atoms with Crippen molar-refractivity contribution >= 4 is 21.6 Å². The van der Waals surface area contributed by atoms with Gasteiger partial charge in [-0.2, -0.15) is 4.31 Å². The maximum absolute atomic E-state index is 12.9. The highest BCUT2D eigenvalue weighted by Gasteiger charge is 2.42. The van der Waals surface area contributed by atoms with E-state index in [-0.39, 0.29) is 6.04 Å². The van der Waals surface area contributed by atoms with Crippen LogP contribution in [0.25, 0.3) is 0 Å². The highest BCUT2D eigenvalue weighted by Crippen LogP contribution is 2.38. The average molecular weight is 329 g/mol. The number of rotatable bonds is 2. The summed E-state index contributed by atoms with van der Waals surface area (Å²) in [5, 5.41) is 0.495. The Kier molecular flexibility index (Phi) is 4.03. The molecule has 3 atom stereocenters. The van der Waals surface area contributed by atoms with E-state index in [0.29, 0.717) is 40.4 Å². The van der Waals surface area contributed by atoms with E-state index in [1.807, 2.05) is 0 Å². The van der Waals surface area contributed by atoms with Crippen molar-refractivity contribution in [2.75, 3.05) is 13.1 Å². The zero-order valence-corrected chi connectivity index (χ0v) is 13.7. The lowest BCUT2D eigenvalue weighted by atomic mass is 9.79. The molecule has 2 N–H and O–H groups in total. The van der Waals surface area contributed by atoms with Crippen LogP contribution in [0.1, 0.15) is 24.8 Å². The molecule has 4 nitrogen and oxygen atoms in total. The van der Waals surface area contributed by atoms with Crippen molar-refractivity contribution in [1.82, 2.24) is 4.31 Å². The fourth-order valence-electron chi connectivity index (χ4n) is 3.63. The largest absolute Gasteiger partial charge is 0.328 e. The predicted molar refractivity (Wildman–Crippen MR) is 83.8 cm³/mol. The van der Waals surface area contributed by atoms with Crippen LogP contribution < -0.4 is 5.73 Å². The molecule has 0 bridgehead atoms. The summed E-state index contributed by atoms with van der Waals surface area (Å²) in [4.78, 5) is 0.331. The van der Waals surface area contributed by atoms with Crippen molar-refractivity contribution in [2.45, 2.75) is 37.1 Å². The first kappa shape index (κ1) is 15.3. The fraction of sp³-hybridized carbons (Fsp3) is 0.600. The van der Waals surface area contributed by atoms with Gasteiger partial charge in [-0.1, -0.05) is 17.7 Å². The maximum atomic E-state index is 12.9. The smallest absolute Gasteiger partial charge is 0.243 e. The van der Waals surface area contributed by atoms with E-state index in [2.05, 4.69) is 0 Å². The van der Waals surface area contributed by atoms with Crippen LogP contribution in [0.4, 0.5) is 0 Å². The number of nitrogens with zero attached hydrogens (tertiary/aromatic N) is 1. The van der Waals surface area contributed by atoms with Crippen molar-refractivity contribution in [2.24, 2.45) is 17.6 Å². The van der Waals surface area contributed by atoms with Gasteiger partial charge in [0.1, 0.15) is 0 Å². The van der Waals surface area contributed by atoms with E-state index < -0.39 is 10.0 Å². The molecule has 3 rings (SSSR count). The summed E-state index contributed by atoms with van der Waals surface area (Å²) in [6, 6.07) is 5.28. The number of sulfonamides is 1. The van der Waals surface area contributed by atoms with E-state index in [9.17, 15) is 8.42 Å². The molecule has 1 saturated heterocycles. The SMILES string of the molecule is Cc1c(Cl)cccc1S(=O)(=O)N1C[C@H]2CCC(N)C[C@H]2C1. The van der Waals surface area contributed by atoms with Crippen LogP contribution in [0, 0.1) is 18.8 Å². The monoisotopic (exact) mass is 328 g/mol. The van der Waals surface area contributed by atoms with E-state index in [1.165, 1.54) is 0 Å². The zero-order chi connectivity index (χ0) is 15.2. The highest BCUT2D eigenvalue weighted by atomic mass is 35.5. The third kappa shape index (κ3) is 2.72. The Balaban J connectivity index is 1.88. The van der Waals surface area contributed by atoms with Gasteiger partial charge in [0.15, 0.2) is 0 Å². The molecule has 1 aromatic carbocycles. The quantitative estimate of drug-likeness (QED) is 0.906. The molecule has 1 unspecified atom stereocenters. The first-order chi connectivity index (χ1) is 9.89. The first-order valence-corrected chi connectivity index (χ1v) is 9.22. The summed E-state index contributed by atoms with van der Waals surface area (Å²) in [5.74, 6) is 0.863. The van der Waals surface area contributed by atoms with Crippen LogP contribution in [0.15, 0.2) is 23.1 Å². The Morgan fingerprint density at radius 3 is 2.71 bits per heavy atom. The van der Waals surface area contributed by atoms with Gasteiger partial charge in [0.05, 0.1) is 4.90 Å². The van der Waals surface area contributed by atoms with Crippen LogP contribution in [0.5, 0.6) is 0 Å². The zero-order valence-electron chi connectivity index (χ0n) is 12.1. The van der Waals surface area contributed by atoms with E-state index in [1.54, 1.807) is 29.4 Å². The molecule has 2 fully saturated rings. The van der Waals surface area contributed by atoms with Gasteiger partial charge in [0.25, 0.3) is 0 Å². The molecular weight excluding hydrogens is 308 g/mol. The molecule has 1 aliphatic heterocycles. The molecule has 1 saturated carbocycles. The second-order valence-electron chi connectivity index (χ2n) is 6.28. The van der Waals surface area contributed by atoms with Crippen LogP contribution in [-0.4, -0.2) is 31.9 Å². The molecule has 0 amide bonds. The molecule has 1 heterocycles. The van der Waals surface area contributed by atoms with Crippen LogP contribution >= 0.6 is 11.6 Å². The molecule has 0 aromatic heterocycles. The number of nitrogens with two attached hydrogens (primary N) is 1. The average Bonchev–Trinajstić information content (AvgIpc) is 2.85. The topological polar surface area (TPSA) is 63.4 Å². The number of benzene rings is 1. The molecule has 2 aliphatic rings. The molecule has 1 aliphatic carbocycles. The number of hydrogen-bond donors (Lipinski definition) is 1. The summed E-state index contributed by atoms with van der Waals surface area (Å²) in [5.41, 5.74) is 6.65. The number of fused-ring (bicyclic) bond motifs is 1.